The summed E-state index contributed by atoms with van der Waals surface area (Å²) < 4.78 is 6.26. The predicted molar refractivity (Wildman–Crippen MR) is 270 cm³/mol. The fourth-order valence-corrected chi connectivity index (χ4v) is 9.38. The molecule has 0 saturated heterocycles. The third-order valence-electron chi connectivity index (χ3n) is 12.8. The highest BCUT2D eigenvalue weighted by Crippen LogP contribution is 2.48. The Bertz CT molecular complexity index is 3260. The average Bonchev–Trinajstić information content (AvgIpc) is 3.69. The minimum Gasteiger partial charge on any atom is -0.456 e. The maximum atomic E-state index is 6.26. The summed E-state index contributed by atoms with van der Waals surface area (Å²) in [6, 6.07) is 71.1. The lowest BCUT2D eigenvalue weighted by molar-refractivity contribution is 0.569. The Morgan fingerprint density at radius 1 is 0.381 bits per heavy atom. The van der Waals surface area contributed by atoms with Crippen molar-refractivity contribution in [3.8, 4) is 44.5 Å². The Morgan fingerprint density at radius 3 is 1.62 bits per heavy atom. The van der Waals surface area contributed by atoms with Crippen molar-refractivity contribution in [1.29, 1.82) is 0 Å². The maximum Gasteiger partial charge on any atom is 0.135 e. The zero-order chi connectivity index (χ0) is 43.5. The van der Waals surface area contributed by atoms with Crippen LogP contribution in [0, 0.1) is 6.92 Å². The quantitative estimate of drug-likeness (QED) is 0.159. The second kappa shape index (κ2) is 15.6. The second-order valence-electron chi connectivity index (χ2n) is 19.0. The molecule has 2 heteroatoms. The van der Waals surface area contributed by atoms with Crippen LogP contribution in [0.2, 0.25) is 0 Å². The van der Waals surface area contributed by atoms with E-state index in [0.29, 0.717) is 0 Å². The number of aryl methyl sites for hydroxylation is 1. The molecule has 308 valence electrons. The summed E-state index contributed by atoms with van der Waals surface area (Å²) in [5.74, 6) is 0. The van der Waals surface area contributed by atoms with Crippen molar-refractivity contribution in [2.75, 3.05) is 4.90 Å². The monoisotopic (exact) mass is 815 g/mol. The van der Waals surface area contributed by atoms with Crippen molar-refractivity contribution >= 4 is 49.8 Å². The number of rotatable bonds is 7. The molecule has 0 amide bonds. The SMILES string of the molecule is Cc1c(-c2ccc(N(c3ccccc3-c3ccccc3)c3ccccc3-c3cccc4cccc(-c5cc(C(C)(C)C)cc(C(C)(C)C)c5)c34)cc2)ccc2oc3ccccc3c12. The number of para-hydroxylation sites is 3. The van der Waals surface area contributed by atoms with Crippen LogP contribution >= 0.6 is 0 Å². The Hall–Kier alpha value is -7.16. The van der Waals surface area contributed by atoms with Gasteiger partial charge in [0.25, 0.3) is 0 Å². The number of hydrogen-bond acceptors (Lipinski definition) is 2. The van der Waals surface area contributed by atoms with Crippen molar-refractivity contribution in [2.45, 2.75) is 59.3 Å². The van der Waals surface area contributed by atoms with Crippen molar-refractivity contribution in [3.05, 3.63) is 211 Å². The van der Waals surface area contributed by atoms with E-state index in [1.165, 1.54) is 71.8 Å². The second-order valence-corrected chi connectivity index (χ2v) is 19.0. The van der Waals surface area contributed by atoms with Crippen LogP contribution in [0.1, 0.15) is 58.2 Å². The zero-order valence-electron chi connectivity index (χ0n) is 37.3. The highest BCUT2D eigenvalue weighted by atomic mass is 16.3. The van der Waals surface area contributed by atoms with Gasteiger partial charge in [-0.1, -0.05) is 199 Å². The molecule has 10 rings (SSSR count). The molecule has 0 radical (unpaired) electrons. The summed E-state index contributed by atoms with van der Waals surface area (Å²) >= 11 is 0. The molecule has 0 saturated carbocycles. The summed E-state index contributed by atoms with van der Waals surface area (Å²) in [6.07, 6.45) is 0. The van der Waals surface area contributed by atoms with Crippen molar-refractivity contribution in [1.82, 2.24) is 0 Å². The summed E-state index contributed by atoms with van der Waals surface area (Å²) in [4.78, 5) is 2.46. The van der Waals surface area contributed by atoms with Gasteiger partial charge in [0, 0.05) is 27.6 Å². The number of furan rings is 1. The molecule has 0 N–H and O–H groups in total. The third-order valence-corrected chi connectivity index (χ3v) is 12.8. The fourth-order valence-electron chi connectivity index (χ4n) is 9.38. The van der Waals surface area contributed by atoms with Gasteiger partial charge in [-0.05, 0) is 115 Å². The van der Waals surface area contributed by atoms with E-state index >= 15 is 0 Å². The highest BCUT2D eigenvalue weighted by Gasteiger charge is 2.25. The van der Waals surface area contributed by atoms with Gasteiger partial charge in [0.1, 0.15) is 11.2 Å². The van der Waals surface area contributed by atoms with Gasteiger partial charge in [-0.3, -0.25) is 0 Å². The van der Waals surface area contributed by atoms with Crippen LogP contribution in [0.4, 0.5) is 17.1 Å². The summed E-state index contributed by atoms with van der Waals surface area (Å²) in [7, 11) is 0. The molecule has 0 atom stereocenters. The van der Waals surface area contributed by atoms with Gasteiger partial charge >= 0.3 is 0 Å². The van der Waals surface area contributed by atoms with Crippen LogP contribution in [0.5, 0.6) is 0 Å². The Labute approximate surface area is 372 Å². The third kappa shape index (κ3) is 7.30. The van der Waals surface area contributed by atoms with Crippen molar-refractivity contribution in [2.24, 2.45) is 0 Å². The smallest absolute Gasteiger partial charge is 0.135 e. The highest BCUT2D eigenvalue weighted by molar-refractivity contribution is 6.10. The molecule has 0 fully saturated rings. The number of nitrogens with zero attached hydrogens (tertiary/aromatic N) is 1. The lowest BCUT2D eigenvalue weighted by Crippen LogP contribution is -2.16. The van der Waals surface area contributed by atoms with E-state index in [-0.39, 0.29) is 10.8 Å². The molecule has 9 aromatic carbocycles. The van der Waals surface area contributed by atoms with E-state index in [9.17, 15) is 0 Å². The first-order valence-electron chi connectivity index (χ1n) is 22.2. The summed E-state index contributed by atoms with van der Waals surface area (Å²) in [6.45, 7) is 16.1. The first-order valence-corrected chi connectivity index (χ1v) is 22.2. The minimum atomic E-state index is -0.00268. The van der Waals surface area contributed by atoms with Gasteiger partial charge < -0.3 is 9.32 Å². The molecule has 0 bridgehead atoms. The summed E-state index contributed by atoms with van der Waals surface area (Å²) in [5.41, 5.74) is 18.6. The van der Waals surface area contributed by atoms with Crippen LogP contribution in [0.3, 0.4) is 0 Å². The van der Waals surface area contributed by atoms with Crippen molar-refractivity contribution < 1.29 is 4.42 Å². The number of anilines is 3. The van der Waals surface area contributed by atoms with Crippen LogP contribution in [0.25, 0.3) is 77.2 Å². The number of fused-ring (bicyclic) bond motifs is 4. The van der Waals surface area contributed by atoms with E-state index in [1.807, 2.05) is 6.07 Å². The number of hydrogen-bond donors (Lipinski definition) is 0. The lowest BCUT2D eigenvalue weighted by atomic mass is 9.78. The van der Waals surface area contributed by atoms with Crippen LogP contribution in [0.15, 0.2) is 199 Å². The van der Waals surface area contributed by atoms with Gasteiger partial charge in [0.2, 0.25) is 0 Å². The van der Waals surface area contributed by atoms with Gasteiger partial charge in [-0.2, -0.15) is 0 Å². The molecule has 0 aliphatic heterocycles. The van der Waals surface area contributed by atoms with E-state index < -0.39 is 0 Å². The zero-order valence-corrected chi connectivity index (χ0v) is 37.3. The molecule has 0 aliphatic rings. The largest absolute Gasteiger partial charge is 0.456 e. The minimum absolute atomic E-state index is 0.00268. The molecule has 10 aromatic rings. The number of benzene rings is 9. The van der Waals surface area contributed by atoms with Gasteiger partial charge in [-0.15, -0.1) is 0 Å². The van der Waals surface area contributed by atoms with E-state index in [0.717, 1.165) is 39.2 Å². The topological polar surface area (TPSA) is 16.4 Å². The van der Waals surface area contributed by atoms with Gasteiger partial charge in [0.05, 0.1) is 11.4 Å². The van der Waals surface area contributed by atoms with Gasteiger partial charge in [0.15, 0.2) is 0 Å². The van der Waals surface area contributed by atoms with Gasteiger partial charge in [-0.25, -0.2) is 0 Å². The summed E-state index contributed by atoms with van der Waals surface area (Å²) in [5, 5.41) is 4.80. The Kier molecular flexibility index (Phi) is 9.91. The van der Waals surface area contributed by atoms with Crippen molar-refractivity contribution in [3.63, 3.8) is 0 Å². The van der Waals surface area contributed by atoms with E-state index in [1.54, 1.807) is 0 Å². The van der Waals surface area contributed by atoms with Crippen LogP contribution in [-0.4, -0.2) is 0 Å². The lowest BCUT2D eigenvalue weighted by Gasteiger charge is -2.30. The fraction of sp³-hybridized carbons (Fsp3) is 0.148. The normalized spacial score (nSPS) is 12.0. The molecular formula is C61H53NO. The molecule has 2 nitrogen and oxygen atoms in total. The van der Waals surface area contributed by atoms with E-state index in [4.69, 9.17) is 4.42 Å². The molecule has 0 spiro atoms. The average molecular weight is 816 g/mol. The molecule has 63 heavy (non-hydrogen) atoms. The molecular weight excluding hydrogens is 763 g/mol. The Balaban J connectivity index is 1.18. The standard InChI is InChI=1S/C61H53NO/c1-40-48(35-36-57-58(40)53-25-13-16-30-56(53)63-57)42-31-33-47(34-32-42)62(54-28-14-11-23-49(54)41-19-9-8-10-20-41)55-29-15-12-24-51(55)52-27-18-22-43-21-17-26-50(59(43)52)44-37-45(60(2,3)4)39-46(38-44)61(5,6)7/h8-39H,1-7H3. The van der Waals surface area contributed by atoms with Crippen LogP contribution < -0.4 is 4.90 Å². The first-order chi connectivity index (χ1) is 30.4. The molecule has 1 heterocycles. The molecule has 0 aliphatic carbocycles. The first kappa shape index (κ1) is 39.9. The maximum absolute atomic E-state index is 6.26. The Morgan fingerprint density at radius 2 is 0.937 bits per heavy atom. The molecule has 1 aromatic heterocycles. The molecule has 0 unspecified atom stereocenters. The van der Waals surface area contributed by atoms with Crippen LogP contribution in [-0.2, 0) is 10.8 Å². The predicted octanol–water partition coefficient (Wildman–Crippen LogP) is 17.8. The van der Waals surface area contributed by atoms with E-state index in [2.05, 4.69) is 241 Å².